The van der Waals surface area contributed by atoms with Gasteiger partial charge in [0.2, 0.25) is 0 Å². The fourth-order valence-electron chi connectivity index (χ4n) is 2.22. The summed E-state index contributed by atoms with van der Waals surface area (Å²) in [5.74, 6) is 0.308. The summed E-state index contributed by atoms with van der Waals surface area (Å²) >= 11 is 0. The van der Waals surface area contributed by atoms with E-state index in [1.165, 1.54) is 16.8 Å². The van der Waals surface area contributed by atoms with Gasteiger partial charge in [0.15, 0.2) is 0 Å². The molecule has 0 aliphatic heterocycles. The lowest BCUT2D eigenvalue weighted by atomic mass is 9.78. The van der Waals surface area contributed by atoms with Crippen LogP contribution in [0, 0.1) is 0 Å². The summed E-state index contributed by atoms with van der Waals surface area (Å²) in [7, 11) is 4.08. The van der Waals surface area contributed by atoms with Gasteiger partial charge in [-0.2, -0.15) is 0 Å². The van der Waals surface area contributed by atoms with E-state index in [2.05, 4.69) is 43.0 Å². The van der Waals surface area contributed by atoms with E-state index in [0.717, 1.165) is 0 Å². The first kappa shape index (κ1) is 13.5. The van der Waals surface area contributed by atoms with Crippen molar-refractivity contribution in [3.63, 3.8) is 0 Å². The molecule has 0 fully saturated rings. The maximum Gasteiger partial charge on any atom is 0.115 e. The molecule has 0 unspecified atom stereocenters. The summed E-state index contributed by atoms with van der Waals surface area (Å²) in [5, 5.41) is 9.38. The molecule has 2 aromatic rings. The van der Waals surface area contributed by atoms with Crippen LogP contribution < -0.4 is 4.90 Å². The van der Waals surface area contributed by atoms with Crippen LogP contribution in [0.2, 0.25) is 0 Å². The Morgan fingerprint density at radius 3 is 1.63 bits per heavy atom. The summed E-state index contributed by atoms with van der Waals surface area (Å²) in [6, 6.07) is 16.1. The molecule has 0 aliphatic carbocycles. The van der Waals surface area contributed by atoms with E-state index in [9.17, 15) is 5.11 Å². The molecule has 2 rings (SSSR count). The lowest BCUT2D eigenvalue weighted by Crippen LogP contribution is -2.19. The van der Waals surface area contributed by atoms with Crippen molar-refractivity contribution in [2.75, 3.05) is 19.0 Å². The Morgan fingerprint density at radius 1 is 0.789 bits per heavy atom. The van der Waals surface area contributed by atoms with Crippen molar-refractivity contribution < 1.29 is 5.11 Å². The summed E-state index contributed by atoms with van der Waals surface area (Å²) in [5.41, 5.74) is 3.59. The minimum absolute atomic E-state index is 0.0709. The first-order valence-electron chi connectivity index (χ1n) is 6.48. The first-order valence-corrected chi connectivity index (χ1v) is 6.48. The predicted molar refractivity (Wildman–Crippen MR) is 81.0 cm³/mol. The van der Waals surface area contributed by atoms with Gasteiger partial charge in [0, 0.05) is 25.2 Å². The van der Waals surface area contributed by atoms with Crippen LogP contribution in [0.4, 0.5) is 5.69 Å². The Hall–Kier alpha value is -1.96. The molecule has 0 heterocycles. The molecular formula is C17H21NO. The number of aromatic hydroxyl groups is 1. The molecule has 0 bridgehead atoms. The van der Waals surface area contributed by atoms with E-state index in [-0.39, 0.29) is 5.41 Å². The van der Waals surface area contributed by atoms with Gasteiger partial charge in [0.25, 0.3) is 0 Å². The largest absolute Gasteiger partial charge is 0.508 e. The van der Waals surface area contributed by atoms with Gasteiger partial charge in [-0.3, -0.25) is 0 Å². The van der Waals surface area contributed by atoms with Crippen LogP contribution in [-0.4, -0.2) is 19.2 Å². The molecule has 0 saturated carbocycles. The summed E-state index contributed by atoms with van der Waals surface area (Å²) < 4.78 is 0. The number of benzene rings is 2. The van der Waals surface area contributed by atoms with E-state index in [1.807, 2.05) is 26.2 Å². The van der Waals surface area contributed by atoms with E-state index >= 15 is 0 Å². The van der Waals surface area contributed by atoms with E-state index < -0.39 is 0 Å². The lowest BCUT2D eigenvalue weighted by Gasteiger charge is -2.27. The molecule has 0 spiro atoms. The molecule has 0 aliphatic rings. The maximum absolute atomic E-state index is 9.38. The minimum Gasteiger partial charge on any atom is -0.508 e. The topological polar surface area (TPSA) is 23.5 Å². The highest BCUT2D eigenvalue weighted by Gasteiger charge is 2.22. The van der Waals surface area contributed by atoms with Gasteiger partial charge >= 0.3 is 0 Å². The van der Waals surface area contributed by atoms with Crippen LogP contribution >= 0.6 is 0 Å². The third kappa shape index (κ3) is 2.73. The maximum atomic E-state index is 9.38. The Labute approximate surface area is 115 Å². The van der Waals surface area contributed by atoms with Crippen molar-refractivity contribution in [3.05, 3.63) is 59.7 Å². The summed E-state index contributed by atoms with van der Waals surface area (Å²) in [4.78, 5) is 2.09. The van der Waals surface area contributed by atoms with E-state index in [0.29, 0.717) is 5.75 Å². The smallest absolute Gasteiger partial charge is 0.115 e. The van der Waals surface area contributed by atoms with Gasteiger partial charge in [-0.25, -0.2) is 0 Å². The predicted octanol–water partition coefficient (Wildman–Crippen LogP) is 3.78. The number of rotatable bonds is 3. The third-order valence-corrected chi connectivity index (χ3v) is 3.69. The average Bonchev–Trinajstić information content (AvgIpc) is 2.39. The molecule has 2 nitrogen and oxygen atoms in total. The van der Waals surface area contributed by atoms with Crippen LogP contribution in [0.5, 0.6) is 5.75 Å². The van der Waals surface area contributed by atoms with Gasteiger partial charge in [0.05, 0.1) is 0 Å². The fraction of sp³-hybridized carbons (Fsp3) is 0.294. The second-order valence-corrected chi connectivity index (χ2v) is 5.61. The van der Waals surface area contributed by atoms with Crippen LogP contribution in [0.3, 0.4) is 0 Å². The summed E-state index contributed by atoms with van der Waals surface area (Å²) in [6.45, 7) is 4.40. The number of phenols is 1. The molecule has 0 aromatic heterocycles. The van der Waals surface area contributed by atoms with Gasteiger partial charge in [0.1, 0.15) is 5.75 Å². The third-order valence-electron chi connectivity index (χ3n) is 3.69. The number of hydrogen-bond donors (Lipinski definition) is 1. The quantitative estimate of drug-likeness (QED) is 0.902. The van der Waals surface area contributed by atoms with Gasteiger partial charge in [-0.15, -0.1) is 0 Å². The number of hydrogen-bond acceptors (Lipinski definition) is 2. The Balaban J connectivity index is 2.35. The standard InChI is InChI=1S/C17H21NO/c1-17(2,14-7-11-16(19)12-8-14)13-5-9-15(10-6-13)18(3)4/h5-12,19H,1-4H3. The molecule has 19 heavy (non-hydrogen) atoms. The molecule has 0 radical (unpaired) electrons. The Morgan fingerprint density at radius 2 is 1.21 bits per heavy atom. The average molecular weight is 255 g/mol. The number of anilines is 1. The van der Waals surface area contributed by atoms with Crippen molar-refractivity contribution in [2.24, 2.45) is 0 Å². The van der Waals surface area contributed by atoms with Crippen LogP contribution in [-0.2, 0) is 5.41 Å². The molecule has 2 aromatic carbocycles. The highest BCUT2D eigenvalue weighted by molar-refractivity contribution is 5.49. The SMILES string of the molecule is CN(C)c1ccc(C(C)(C)c2ccc(O)cc2)cc1. The monoisotopic (exact) mass is 255 g/mol. The van der Waals surface area contributed by atoms with Crippen LogP contribution in [0.25, 0.3) is 0 Å². The molecule has 0 amide bonds. The normalized spacial score (nSPS) is 11.4. The highest BCUT2D eigenvalue weighted by atomic mass is 16.3. The fourth-order valence-corrected chi connectivity index (χ4v) is 2.22. The molecule has 1 N–H and O–H groups in total. The van der Waals surface area contributed by atoms with Crippen LogP contribution in [0.15, 0.2) is 48.5 Å². The molecule has 0 atom stereocenters. The second-order valence-electron chi connectivity index (χ2n) is 5.61. The Kier molecular flexibility index (Phi) is 3.52. The van der Waals surface area contributed by atoms with Crippen molar-refractivity contribution in [3.8, 4) is 5.75 Å². The zero-order chi connectivity index (χ0) is 14.0. The Bertz CT molecular complexity index is 538. The number of phenolic OH excluding ortho intramolecular Hbond substituents is 1. The van der Waals surface area contributed by atoms with Crippen LogP contribution in [0.1, 0.15) is 25.0 Å². The summed E-state index contributed by atoms with van der Waals surface area (Å²) in [6.07, 6.45) is 0. The van der Waals surface area contributed by atoms with Crippen molar-refractivity contribution in [1.29, 1.82) is 0 Å². The zero-order valence-electron chi connectivity index (χ0n) is 12.0. The van der Waals surface area contributed by atoms with E-state index in [1.54, 1.807) is 12.1 Å². The number of nitrogens with zero attached hydrogens (tertiary/aromatic N) is 1. The first-order chi connectivity index (χ1) is 8.91. The second kappa shape index (κ2) is 4.96. The van der Waals surface area contributed by atoms with E-state index in [4.69, 9.17) is 0 Å². The van der Waals surface area contributed by atoms with Crippen molar-refractivity contribution in [1.82, 2.24) is 0 Å². The molecule has 0 saturated heterocycles. The zero-order valence-corrected chi connectivity index (χ0v) is 12.0. The van der Waals surface area contributed by atoms with Crippen molar-refractivity contribution >= 4 is 5.69 Å². The minimum atomic E-state index is -0.0709. The van der Waals surface area contributed by atoms with Gasteiger partial charge in [-0.05, 0) is 35.4 Å². The molecule has 2 heteroatoms. The lowest BCUT2D eigenvalue weighted by molar-refractivity contribution is 0.474. The van der Waals surface area contributed by atoms with Gasteiger partial charge in [-0.1, -0.05) is 38.1 Å². The molecule has 100 valence electrons. The molecular weight excluding hydrogens is 234 g/mol. The highest BCUT2D eigenvalue weighted by Crippen LogP contribution is 2.33. The van der Waals surface area contributed by atoms with Crippen molar-refractivity contribution in [2.45, 2.75) is 19.3 Å². The van der Waals surface area contributed by atoms with Gasteiger partial charge < -0.3 is 10.0 Å².